The zero-order valence-corrected chi connectivity index (χ0v) is 18.7. The summed E-state index contributed by atoms with van der Waals surface area (Å²) in [6.45, 7) is 6.35. The molecule has 0 radical (unpaired) electrons. The normalized spacial score (nSPS) is 22.0. The number of aromatic nitrogens is 1. The molecule has 1 aromatic carbocycles. The fourth-order valence-corrected chi connectivity index (χ4v) is 3.85. The molecule has 1 aromatic heterocycles. The molecular weight excluding hydrogens is 432 g/mol. The van der Waals surface area contributed by atoms with Gasteiger partial charge in [0.05, 0.1) is 5.41 Å². The van der Waals surface area contributed by atoms with Gasteiger partial charge in [-0.25, -0.2) is 0 Å². The first kappa shape index (κ1) is 21.5. The summed E-state index contributed by atoms with van der Waals surface area (Å²) in [6.07, 6.45) is 2.68. The number of ether oxygens (including phenoxy) is 1. The first-order valence-electron chi connectivity index (χ1n) is 9.89. The maximum Gasteiger partial charge on any atom is 0.233 e. The standard InChI is InChI=1S/C23H26N2O3.BrH/c1-14-10-19(11-20(24-14)18-8-9-18)28-13-16-4-6-17(7-5-16)15(2)23(3)12-21(26)25-22(23)27;/h4-7,10-11,15,18H,8-9,12-13H2,1-3H3,(H,25,26,27);1H/t15-,23+;/m1./s1. The van der Waals surface area contributed by atoms with Gasteiger partial charge in [-0.3, -0.25) is 19.9 Å². The van der Waals surface area contributed by atoms with Gasteiger partial charge >= 0.3 is 0 Å². The lowest BCUT2D eigenvalue weighted by atomic mass is 9.73. The van der Waals surface area contributed by atoms with Gasteiger partial charge in [-0.2, -0.15) is 0 Å². The van der Waals surface area contributed by atoms with Crippen LogP contribution in [0.3, 0.4) is 0 Å². The van der Waals surface area contributed by atoms with Gasteiger partial charge in [0.2, 0.25) is 11.8 Å². The summed E-state index contributed by atoms with van der Waals surface area (Å²) >= 11 is 0. The highest BCUT2D eigenvalue weighted by Gasteiger charge is 2.46. The minimum atomic E-state index is -0.692. The van der Waals surface area contributed by atoms with Crippen LogP contribution in [-0.2, 0) is 16.2 Å². The molecule has 6 heteroatoms. The van der Waals surface area contributed by atoms with E-state index in [4.69, 9.17) is 4.74 Å². The molecule has 2 aromatic rings. The van der Waals surface area contributed by atoms with Crippen LogP contribution in [0, 0.1) is 12.3 Å². The number of pyridine rings is 1. The number of carbonyl (C=O) groups excluding carboxylic acids is 2. The summed E-state index contributed by atoms with van der Waals surface area (Å²) < 4.78 is 5.99. The molecule has 4 rings (SSSR count). The van der Waals surface area contributed by atoms with Crippen molar-refractivity contribution in [2.24, 2.45) is 5.41 Å². The Labute approximate surface area is 182 Å². The fourth-order valence-electron chi connectivity index (χ4n) is 3.85. The minimum absolute atomic E-state index is 0. The van der Waals surface area contributed by atoms with Crippen molar-refractivity contribution in [1.82, 2.24) is 10.3 Å². The van der Waals surface area contributed by atoms with Crippen molar-refractivity contribution in [1.29, 1.82) is 0 Å². The Hall–Kier alpha value is -2.21. The van der Waals surface area contributed by atoms with E-state index in [9.17, 15) is 9.59 Å². The number of rotatable bonds is 6. The molecule has 0 unspecified atom stereocenters. The third kappa shape index (κ3) is 4.53. The van der Waals surface area contributed by atoms with Gasteiger partial charge in [0.25, 0.3) is 0 Å². The van der Waals surface area contributed by atoms with Crippen molar-refractivity contribution in [3.8, 4) is 5.75 Å². The van der Waals surface area contributed by atoms with Crippen molar-refractivity contribution >= 4 is 28.8 Å². The molecular formula is C23H27BrN2O3. The second-order valence-electron chi connectivity index (χ2n) is 8.37. The third-order valence-corrected chi connectivity index (χ3v) is 6.08. The van der Waals surface area contributed by atoms with Crippen LogP contribution in [0.5, 0.6) is 5.75 Å². The number of amides is 2. The number of hydrogen-bond donors (Lipinski definition) is 1. The number of halogens is 1. The lowest BCUT2D eigenvalue weighted by Gasteiger charge is -2.28. The van der Waals surface area contributed by atoms with Gasteiger partial charge in [-0.1, -0.05) is 31.2 Å². The third-order valence-electron chi connectivity index (χ3n) is 6.08. The summed E-state index contributed by atoms with van der Waals surface area (Å²) in [7, 11) is 0. The van der Waals surface area contributed by atoms with E-state index >= 15 is 0 Å². The van der Waals surface area contributed by atoms with Crippen molar-refractivity contribution in [3.05, 3.63) is 58.9 Å². The number of benzene rings is 1. The topological polar surface area (TPSA) is 68.3 Å². The lowest BCUT2D eigenvalue weighted by Crippen LogP contribution is -2.33. The van der Waals surface area contributed by atoms with Gasteiger partial charge in [0, 0.05) is 35.9 Å². The molecule has 5 nitrogen and oxygen atoms in total. The van der Waals surface area contributed by atoms with Crippen LogP contribution in [0.1, 0.15) is 67.5 Å². The van der Waals surface area contributed by atoms with Crippen molar-refractivity contribution in [3.63, 3.8) is 0 Å². The highest BCUT2D eigenvalue weighted by Crippen LogP contribution is 2.42. The Balaban J connectivity index is 0.00000240. The number of nitrogens with zero attached hydrogens (tertiary/aromatic N) is 1. The van der Waals surface area contributed by atoms with Crippen LogP contribution in [0.4, 0.5) is 0 Å². The molecule has 1 aliphatic carbocycles. The van der Waals surface area contributed by atoms with E-state index in [-0.39, 0.29) is 41.1 Å². The van der Waals surface area contributed by atoms with Crippen LogP contribution in [0.2, 0.25) is 0 Å². The van der Waals surface area contributed by atoms with Gasteiger partial charge < -0.3 is 4.74 Å². The summed E-state index contributed by atoms with van der Waals surface area (Å²) in [5.41, 5.74) is 3.54. The van der Waals surface area contributed by atoms with Crippen LogP contribution >= 0.6 is 17.0 Å². The van der Waals surface area contributed by atoms with E-state index in [1.165, 1.54) is 12.8 Å². The molecule has 2 fully saturated rings. The largest absolute Gasteiger partial charge is 0.489 e. The lowest BCUT2D eigenvalue weighted by molar-refractivity contribution is -0.128. The molecule has 2 amide bonds. The van der Waals surface area contributed by atoms with Crippen LogP contribution in [0.25, 0.3) is 0 Å². The molecule has 2 heterocycles. The number of aryl methyl sites for hydroxylation is 1. The van der Waals surface area contributed by atoms with E-state index < -0.39 is 5.41 Å². The SMILES string of the molecule is Br.Cc1cc(OCc2ccc([C@@H](C)[C@]3(C)CC(=O)NC3=O)cc2)cc(C2CC2)n1. The van der Waals surface area contributed by atoms with E-state index in [1.807, 2.05) is 51.1 Å². The van der Waals surface area contributed by atoms with Crippen molar-refractivity contribution in [2.75, 3.05) is 0 Å². The van der Waals surface area contributed by atoms with E-state index in [1.54, 1.807) is 0 Å². The maximum atomic E-state index is 12.2. The molecule has 1 saturated carbocycles. The molecule has 1 N–H and O–H groups in total. The monoisotopic (exact) mass is 458 g/mol. The number of imide groups is 1. The number of carbonyl (C=O) groups is 2. The summed E-state index contributed by atoms with van der Waals surface area (Å²) in [4.78, 5) is 28.4. The van der Waals surface area contributed by atoms with Crippen LogP contribution < -0.4 is 10.1 Å². The smallest absolute Gasteiger partial charge is 0.233 e. The Bertz CT molecular complexity index is 924. The highest BCUT2D eigenvalue weighted by atomic mass is 79.9. The van der Waals surface area contributed by atoms with Gasteiger partial charge in [-0.05, 0) is 43.7 Å². The molecule has 1 saturated heterocycles. The molecule has 0 spiro atoms. The Morgan fingerprint density at radius 1 is 1.21 bits per heavy atom. The quantitative estimate of drug-likeness (QED) is 0.643. The number of hydrogen-bond acceptors (Lipinski definition) is 4. The van der Waals surface area contributed by atoms with Crippen LogP contribution in [-0.4, -0.2) is 16.8 Å². The maximum absolute atomic E-state index is 12.2. The fraction of sp³-hybridized carbons (Fsp3) is 0.435. The van der Waals surface area contributed by atoms with Crippen molar-refractivity contribution < 1.29 is 14.3 Å². The molecule has 2 aliphatic rings. The minimum Gasteiger partial charge on any atom is -0.489 e. The zero-order chi connectivity index (χ0) is 19.9. The molecule has 0 bridgehead atoms. The van der Waals surface area contributed by atoms with E-state index in [2.05, 4.69) is 16.4 Å². The number of nitrogens with one attached hydrogen (secondary N) is 1. The van der Waals surface area contributed by atoms with E-state index in [0.717, 1.165) is 28.3 Å². The first-order chi connectivity index (χ1) is 13.3. The van der Waals surface area contributed by atoms with Crippen molar-refractivity contribution in [2.45, 2.75) is 58.5 Å². The second-order valence-corrected chi connectivity index (χ2v) is 8.37. The molecule has 1 aliphatic heterocycles. The predicted molar refractivity (Wildman–Crippen MR) is 116 cm³/mol. The first-order valence-corrected chi connectivity index (χ1v) is 9.89. The average molecular weight is 459 g/mol. The Morgan fingerprint density at radius 2 is 1.90 bits per heavy atom. The molecule has 154 valence electrons. The predicted octanol–water partition coefficient (Wildman–Crippen LogP) is 4.58. The highest BCUT2D eigenvalue weighted by molar-refractivity contribution is 8.93. The Morgan fingerprint density at radius 3 is 2.48 bits per heavy atom. The Kier molecular flexibility index (Phi) is 6.13. The zero-order valence-electron chi connectivity index (χ0n) is 17.0. The summed E-state index contributed by atoms with van der Waals surface area (Å²) in [5.74, 6) is 1.04. The molecule has 2 atom stereocenters. The van der Waals surface area contributed by atoms with E-state index in [0.29, 0.717) is 12.5 Å². The van der Waals surface area contributed by atoms with Gasteiger partial charge in [0.15, 0.2) is 0 Å². The van der Waals surface area contributed by atoms with Gasteiger partial charge in [0.1, 0.15) is 12.4 Å². The summed E-state index contributed by atoms with van der Waals surface area (Å²) in [6, 6.07) is 12.1. The van der Waals surface area contributed by atoms with Gasteiger partial charge in [-0.15, -0.1) is 17.0 Å². The molecule has 29 heavy (non-hydrogen) atoms. The van der Waals surface area contributed by atoms with Crippen LogP contribution in [0.15, 0.2) is 36.4 Å². The second kappa shape index (κ2) is 8.27. The average Bonchev–Trinajstić information content (AvgIpc) is 3.47. The summed E-state index contributed by atoms with van der Waals surface area (Å²) in [5, 5.41) is 2.43.